The first kappa shape index (κ1) is 8.66. The lowest BCUT2D eigenvalue weighted by atomic mass is 10.1. The van der Waals surface area contributed by atoms with Crippen molar-refractivity contribution in [2.45, 2.75) is 38.2 Å². The van der Waals surface area contributed by atoms with Crippen molar-refractivity contribution in [2.24, 2.45) is 0 Å². The summed E-state index contributed by atoms with van der Waals surface area (Å²) < 4.78 is 26.9. The van der Waals surface area contributed by atoms with Gasteiger partial charge in [0.1, 0.15) is 6.04 Å². The predicted molar refractivity (Wildman–Crippen MR) is 44.9 cm³/mol. The zero-order valence-corrected chi connectivity index (χ0v) is 7.67. The third-order valence-corrected chi connectivity index (χ3v) is 2.38. The Labute approximate surface area is 75.6 Å². The molecule has 2 rings (SSSR count). The van der Waals surface area contributed by atoms with Crippen LogP contribution in [-0.2, 0) is 0 Å². The van der Waals surface area contributed by atoms with Crippen molar-refractivity contribution >= 4 is 0 Å². The number of halogens is 2. The smallest absolute Gasteiger partial charge is 0.260 e. The molecule has 0 bridgehead atoms. The van der Waals surface area contributed by atoms with Gasteiger partial charge >= 0.3 is 0 Å². The second kappa shape index (κ2) is 2.53. The van der Waals surface area contributed by atoms with Gasteiger partial charge in [-0.1, -0.05) is 13.8 Å². The number of hydrogen-bond acceptors (Lipinski definition) is 1. The van der Waals surface area contributed by atoms with Crippen molar-refractivity contribution in [1.82, 2.24) is 9.78 Å². The topological polar surface area (TPSA) is 17.8 Å². The lowest BCUT2D eigenvalue weighted by Crippen LogP contribution is -2.08. The van der Waals surface area contributed by atoms with Crippen LogP contribution in [-0.4, -0.2) is 15.7 Å². The molecule has 1 heterocycles. The summed E-state index contributed by atoms with van der Waals surface area (Å²) in [5.41, 5.74) is 0.891. The highest BCUT2D eigenvalue weighted by Crippen LogP contribution is 2.52. The third kappa shape index (κ3) is 1.34. The van der Waals surface area contributed by atoms with Crippen LogP contribution in [0.4, 0.5) is 8.78 Å². The highest BCUT2D eigenvalue weighted by atomic mass is 19.3. The minimum Gasteiger partial charge on any atom is -0.260 e. The van der Waals surface area contributed by atoms with Gasteiger partial charge in [0.05, 0.1) is 0 Å². The van der Waals surface area contributed by atoms with Crippen molar-refractivity contribution in [2.75, 3.05) is 0 Å². The van der Waals surface area contributed by atoms with Crippen LogP contribution in [0, 0.1) is 0 Å². The number of aromatic nitrogens is 2. The first-order valence-corrected chi connectivity index (χ1v) is 4.43. The van der Waals surface area contributed by atoms with Crippen LogP contribution in [0.2, 0.25) is 0 Å². The van der Waals surface area contributed by atoms with Crippen molar-refractivity contribution in [3.05, 3.63) is 18.0 Å². The minimum absolute atomic E-state index is 0.0611. The van der Waals surface area contributed by atoms with Gasteiger partial charge in [-0.3, -0.25) is 4.68 Å². The maximum Gasteiger partial charge on any atom is 0.272 e. The summed E-state index contributed by atoms with van der Waals surface area (Å²) in [5, 5.41) is 3.93. The molecule has 1 aromatic heterocycles. The molecule has 1 unspecified atom stereocenters. The van der Waals surface area contributed by atoms with Crippen molar-refractivity contribution in [1.29, 1.82) is 0 Å². The molecule has 1 fully saturated rings. The second-order valence-electron chi connectivity index (χ2n) is 3.84. The fourth-order valence-electron chi connectivity index (χ4n) is 1.51. The molecule has 0 aliphatic heterocycles. The molecular weight excluding hydrogens is 174 g/mol. The molecule has 1 aromatic rings. The maximum atomic E-state index is 12.7. The molecule has 0 N–H and O–H groups in total. The lowest BCUT2D eigenvalue weighted by molar-refractivity contribution is 0.0975. The summed E-state index contributed by atoms with van der Waals surface area (Å²) in [6, 6.07) is 1.11. The van der Waals surface area contributed by atoms with E-state index in [0.29, 0.717) is 0 Å². The maximum absolute atomic E-state index is 12.7. The van der Waals surface area contributed by atoms with Crippen LogP contribution in [0.15, 0.2) is 12.3 Å². The molecule has 1 saturated carbocycles. The normalized spacial score (nSPS) is 25.2. The number of alkyl halides is 2. The van der Waals surface area contributed by atoms with E-state index >= 15 is 0 Å². The molecule has 0 radical (unpaired) electrons. The first-order valence-electron chi connectivity index (χ1n) is 4.43. The van der Waals surface area contributed by atoms with Gasteiger partial charge in [0.2, 0.25) is 0 Å². The molecule has 0 aromatic carbocycles. The fraction of sp³-hybridized carbons (Fsp3) is 0.667. The Bertz CT molecular complexity index is 317. The molecule has 13 heavy (non-hydrogen) atoms. The van der Waals surface area contributed by atoms with Gasteiger partial charge in [-0.05, 0) is 12.0 Å². The van der Waals surface area contributed by atoms with E-state index in [0.717, 1.165) is 5.69 Å². The Hall–Kier alpha value is -0.930. The molecule has 0 amide bonds. The van der Waals surface area contributed by atoms with Gasteiger partial charge in [0.25, 0.3) is 5.92 Å². The Kier molecular flexibility index (Phi) is 1.68. The van der Waals surface area contributed by atoms with Gasteiger partial charge in [0.15, 0.2) is 0 Å². The summed E-state index contributed by atoms with van der Waals surface area (Å²) >= 11 is 0. The highest BCUT2D eigenvalue weighted by molar-refractivity contribution is 5.12. The van der Waals surface area contributed by atoms with E-state index in [9.17, 15) is 8.78 Å². The van der Waals surface area contributed by atoms with Crippen LogP contribution in [0.3, 0.4) is 0 Å². The molecule has 0 spiro atoms. The van der Waals surface area contributed by atoms with Crippen LogP contribution in [0.1, 0.15) is 37.9 Å². The molecule has 1 atom stereocenters. The summed E-state index contributed by atoms with van der Waals surface area (Å²) in [7, 11) is 0. The van der Waals surface area contributed by atoms with Gasteiger partial charge in [-0.2, -0.15) is 5.10 Å². The third-order valence-electron chi connectivity index (χ3n) is 2.38. The fourth-order valence-corrected chi connectivity index (χ4v) is 1.51. The Balaban J connectivity index is 2.27. The van der Waals surface area contributed by atoms with Crippen molar-refractivity contribution < 1.29 is 8.78 Å². The molecule has 0 saturated heterocycles. The number of rotatable bonds is 2. The summed E-state index contributed by atoms with van der Waals surface area (Å²) in [6.45, 7) is 3.96. The lowest BCUT2D eigenvalue weighted by Gasteiger charge is -2.08. The van der Waals surface area contributed by atoms with Crippen LogP contribution in [0.25, 0.3) is 0 Å². The van der Waals surface area contributed by atoms with E-state index < -0.39 is 12.0 Å². The quantitative estimate of drug-likeness (QED) is 0.694. The van der Waals surface area contributed by atoms with E-state index in [1.54, 1.807) is 12.3 Å². The number of hydrogen-bond donors (Lipinski definition) is 0. The van der Waals surface area contributed by atoms with Gasteiger partial charge in [-0.25, -0.2) is 8.78 Å². The van der Waals surface area contributed by atoms with Crippen LogP contribution < -0.4 is 0 Å². The van der Waals surface area contributed by atoms with Crippen LogP contribution >= 0.6 is 0 Å². The second-order valence-corrected chi connectivity index (χ2v) is 3.84. The van der Waals surface area contributed by atoms with E-state index in [1.165, 1.54) is 4.68 Å². The minimum atomic E-state index is -2.53. The zero-order valence-electron chi connectivity index (χ0n) is 7.67. The predicted octanol–water partition coefficient (Wildman–Crippen LogP) is 2.59. The summed E-state index contributed by atoms with van der Waals surface area (Å²) in [5.74, 6) is -2.28. The standard InChI is InChI=1S/C9H12F2N2/c1-6(2)7-3-4-12-13(7)8-5-9(8,10)11/h3-4,6,8H,5H2,1-2H3. The first-order chi connectivity index (χ1) is 6.02. The van der Waals surface area contributed by atoms with E-state index in [4.69, 9.17) is 0 Å². The molecule has 4 heteroatoms. The Morgan fingerprint density at radius 2 is 2.23 bits per heavy atom. The van der Waals surface area contributed by atoms with Gasteiger partial charge < -0.3 is 0 Å². The number of nitrogens with zero attached hydrogens (tertiary/aromatic N) is 2. The van der Waals surface area contributed by atoms with Crippen molar-refractivity contribution in [3.8, 4) is 0 Å². The molecule has 1 aliphatic carbocycles. The SMILES string of the molecule is CC(C)c1ccnn1C1CC1(F)F. The van der Waals surface area contributed by atoms with E-state index in [-0.39, 0.29) is 12.3 Å². The van der Waals surface area contributed by atoms with Gasteiger partial charge in [0, 0.05) is 18.3 Å². The van der Waals surface area contributed by atoms with Crippen molar-refractivity contribution in [3.63, 3.8) is 0 Å². The Morgan fingerprint density at radius 3 is 2.69 bits per heavy atom. The molecule has 2 nitrogen and oxygen atoms in total. The molecular formula is C9H12F2N2. The average Bonchev–Trinajstić information content (AvgIpc) is 2.49. The molecule has 72 valence electrons. The highest BCUT2D eigenvalue weighted by Gasteiger charge is 2.59. The van der Waals surface area contributed by atoms with E-state index in [1.807, 2.05) is 13.8 Å². The largest absolute Gasteiger partial charge is 0.272 e. The average molecular weight is 186 g/mol. The monoisotopic (exact) mass is 186 g/mol. The summed E-state index contributed by atoms with van der Waals surface area (Å²) in [6.07, 6.45) is 1.53. The van der Waals surface area contributed by atoms with Crippen LogP contribution in [0.5, 0.6) is 0 Å². The van der Waals surface area contributed by atoms with Gasteiger partial charge in [-0.15, -0.1) is 0 Å². The Morgan fingerprint density at radius 1 is 1.62 bits per heavy atom. The zero-order chi connectivity index (χ0) is 9.64. The summed E-state index contributed by atoms with van der Waals surface area (Å²) in [4.78, 5) is 0. The van der Waals surface area contributed by atoms with E-state index in [2.05, 4.69) is 5.10 Å². The molecule has 1 aliphatic rings.